The molecule has 0 aliphatic carbocycles. The number of aliphatic hydroxyl groups is 1. The van der Waals surface area contributed by atoms with Crippen LogP contribution in [0.15, 0.2) is 17.6 Å². The highest BCUT2D eigenvalue weighted by Gasteiger charge is 2.55. The van der Waals surface area contributed by atoms with E-state index in [9.17, 15) is 38.4 Å². The molecule has 1 aliphatic rings. The molecule has 1 saturated heterocycles. The molecule has 1 fully saturated rings. The molecule has 34 heavy (non-hydrogen) atoms. The number of aliphatic hydroxyl groups excluding tert-OH is 1. The number of phosphoric acid groups is 3. The van der Waals surface area contributed by atoms with Crippen LogP contribution in [0.2, 0.25) is 0 Å². The van der Waals surface area contributed by atoms with Gasteiger partial charge in [0.15, 0.2) is 11.5 Å². The SMILES string of the molecule is C[C@@]1(N=[N+]=[N-])[C@H](O)[C@@H](COP(=O)([O-])OP(=O)([O-])OP(=O)([O-])[O-])O[C@H]1c1cnc2c(N)ncnn12. The summed E-state index contributed by atoms with van der Waals surface area (Å²) in [5.74, 6) is -0.0143. The van der Waals surface area contributed by atoms with Crippen LogP contribution in [-0.4, -0.2) is 49.0 Å². The predicted octanol–water partition coefficient (Wildman–Crippen LogP) is -2.61. The van der Waals surface area contributed by atoms with Crippen molar-refractivity contribution < 1.29 is 56.3 Å². The Balaban J connectivity index is 1.83. The molecule has 2 aromatic heterocycles. The lowest BCUT2D eigenvalue weighted by Crippen LogP contribution is -2.41. The van der Waals surface area contributed by atoms with Crippen molar-refractivity contribution in [2.24, 2.45) is 5.11 Å². The van der Waals surface area contributed by atoms with Gasteiger partial charge in [-0.1, -0.05) is 5.11 Å². The number of azide groups is 1. The molecule has 0 spiro atoms. The van der Waals surface area contributed by atoms with Crippen molar-refractivity contribution in [2.45, 2.75) is 30.8 Å². The molecule has 0 bridgehead atoms. The fraction of sp³-hybridized carbons (Fsp3) is 0.545. The molecule has 6 atom stereocenters. The standard InChI is InChI=1S/C11H17N8O12P3/c1-11(17-18-13)7(20)6(3-28-33(24,25)31-34(26,27)30-32(21,22)23)29-8(11)5-2-14-10-9(12)15-4-16-19(5)10/h2,4,6-8,20H,3H2,1H3,(H,24,25)(H,26,27)(H2,12,15,16)(H2,21,22,23)/p-4/t6-,7-,8+,11-/m1/s1. The highest BCUT2D eigenvalue weighted by atomic mass is 31.3. The molecule has 0 aromatic carbocycles. The summed E-state index contributed by atoms with van der Waals surface area (Å²) in [6.45, 7) is 0.161. The Kier molecular flexibility index (Phi) is 7.21. The van der Waals surface area contributed by atoms with E-state index in [1.54, 1.807) is 0 Å². The number of imidazole rings is 1. The van der Waals surface area contributed by atoms with Crippen LogP contribution < -0.4 is 25.3 Å². The van der Waals surface area contributed by atoms with Crippen molar-refractivity contribution in [3.63, 3.8) is 0 Å². The Bertz CT molecular complexity index is 1280. The zero-order chi connectivity index (χ0) is 25.5. The quantitative estimate of drug-likeness (QED) is 0.142. The average molecular weight is 542 g/mol. The number of nitrogen functional groups attached to an aromatic ring is 1. The van der Waals surface area contributed by atoms with Crippen LogP contribution in [0.3, 0.4) is 0 Å². The maximum absolute atomic E-state index is 11.8. The molecule has 3 N–H and O–H groups in total. The van der Waals surface area contributed by atoms with Crippen molar-refractivity contribution >= 4 is 34.9 Å². The van der Waals surface area contributed by atoms with E-state index in [0.717, 1.165) is 6.33 Å². The van der Waals surface area contributed by atoms with E-state index >= 15 is 0 Å². The number of aromatic nitrogens is 4. The van der Waals surface area contributed by atoms with E-state index in [0.29, 0.717) is 0 Å². The first-order valence-electron chi connectivity index (χ1n) is 8.64. The van der Waals surface area contributed by atoms with E-state index in [1.807, 2.05) is 0 Å². The fourth-order valence-corrected chi connectivity index (χ4v) is 5.97. The van der Waals surface area contributed by atoms with Crippen LogP contribution in [0.25, 0.3) is 16.1 Å². The molecule has 0 amide bonds. The first kappa shape index (κ1) is 26.6. The van der Waals surface area contributed by atoms with Gasteiger partial charge in [0.2, 0.25) is 0 Å². The Morgan fingerprint density at radius 1 is 1.29 bits per heavy atom. The second-order valence-electron chi connectivity index (χ2n) is 6.78. The molecular formula is C11H13N8O12P3-4. The van der Waals surface area contributed by atoms with Crippen molar-refractivity contribution in [2.75, 3.05) is 12.3 Å². The zero-order valence-corrected chi connectivity index (χ0v) is 19.3. The summed E-state index contributed by atoms with van der Waals surface area (Å²) in [6.07, 6.45) is -2.31. The van der Waals surface area contributed by atoms with E-state index in [2.05, 4.69) is 38.2 Å². The van der Waals surface area contributed by atoms with Crippen molar-refractivity contribution in [1.82, 2.24) is 19.6 Å². The summed E-state index contributed by atoms with van der Waals surface area (Å²) < 4.78 is 51.0. The third-order valence-electron chi connectivity index (χ3n) is 4.48. The summed E-state index contributed by atoms with van der Waals surface area (Å²) in [5, 5.41) is 18.1. The number of anilines is 1. The largest absolute Gasteiger partial charge is 0.790 e. The number of nitrogens with zero attached hydrogens (tertiary/aromatic N) is 7. The van der Waals surface area contributed by atoms with Crippen LogP contribution in [0.5, 0.6) is 0 Å². The zero-order valence-electron chi connectivity index (χ0n) is 16.6. The number of ether oxygens (including phenoxy) is 1. The van der Waals surface area contributed by atoms with Crippen LogP contribution in [0.4, 0.5) is 5.82 Å². The van der Waals surface area contributed by atoms with E-state index in [1.165, 1.54) is 17.6 Å². The normalized spacial score (nSPS) is 28.8. The Hall–Kier alpha value is -2.01. The van der Waals surface area contributed by atoms with Gasteiger partial charge in [-0.2, -0.15) is 5.10 Å². The molecule has 0 saturated carbocycles. The number of fused-ring (bicyclic) bond motifs is 1. The third-order valence-corrected chi connectivity index (χ3v) is 8.14. The highest BCUT2D eigenvalue weighted by Crippen LogP contribution is 2.60. The fourth-order valence-electron chi connectivity index (χ4n) is 3.11. The van der Waals surface area contributed by atoms with Crippen LogP contribution in [0, 0.1) is 0 Å². The molecule has 20 nitrogen and oxygen atoms in total. The lowest BCUT2D eigenvalue weighted by molar-refractivity contribution is -0.339. The van der Waals surface area contributed by atoms with Crippen LogP contribution in [-0.2, 0) is 31.6 Å². The van der Waals surface area contributed by atoms with Crippen LogP contribution in [0.1, 0.15) is 18.7 Å². The molecule has 2 unspecified atom stereocenters. The Labute approximate surface area is 188 Å². The van der Waals surface area contributed by atoms with Crippen LogP contribution >= 0.6 is 23.5 Å². The van der Waals surface area contributed by atoms with Gasteiger partial charge in [0.25, 0.3) is 15.6 Å². The number of hydrogen-bond donors (Lipinski definition) is 2. The van der Waals surface area contributed by atoms with Gasteiger partial charge in [0, 0.05) is 4.91 Å². The molecule has 1 aliphatic heterocycles. The Morgan fingerprint density at radius 2 is 1.97 bits per heavy atom. The van der Waals surface area contributed by atoms with Gasteiger partial charge >= 0.3 is 0 Å². The Morgan fingerprint density at radius 3 is 2.59 bits per heavy atom. The predicted molar refractivity (Wildman–Crippen MR) is 97.3 cm³/mol. The molecule has 23 heteroatoms. The monoisotopic (exact) mass is 542 g/mol. The average Bonchev–Trinajstić information content (AvgIpc) is 3.19. The summed E-state index contributed by atoms with van der Waals surface area (Å²) in [7, 11) is -18.2. The summed E-state index contributed by atoms with van der Waals surface area (Å²) in [4.78, 5) is 54.2. The minimum absolute atomic E-state index is 0.0143. The minimum atomic E-state index is -6.18. The summed E-state index contributed by atoms with van der Waals surface area (Å²) >= 11 is 0. The highest BCUT2D eigenvalue weighted by molar-refractivity contribution is 7.64. The lowest BCUT2D eigenvalue weighted by atomic mass is 9.88. The van der Waals surface area contributed by atoms with Crippen molar-refractivity contribution in [3.05, 3.63) is 28.7 Å². The molecule has 3 rings (SSSR count). The third kappa shape index (κ3) is 5.62. The summed E-state index contributed by atoms with van der Waals surface area (Å²) in [6, 6.07) is 0. The summed E-state index contributed by atoms with van der Waals surface area (Å²) in [5.41, 5.74) is 13.1. The first-order valence-corrected chi connectivity index (χ1v) is 13.0. The van der Waals surface area contributed by atoms with Gasteiger partial charge in [0.05, 0.1) is 32.4 Å². The second-order valence-corrected chi connectivity index (χ2v) is 11.0. The second kappa shape index (κ2) is 9.22. The van der Waals surface area contributed by atoms with E-state index in [4.69, 9.17) is 16.0 Å². The van der Waals surface area contributed by atoms with Gasteiger partial charge in [-0.3, -0.25) is 13.4 Å². The topological polar surface area (TPSA) is 318 Å². The molecule has 3 heterocycles. The lowest BCUT2D eigenvalue weighted by Gasteiger charge is -2.37. The van der Waals surface area contributed by atoms with Gasteiger partial charge in [0.1, 0.15) is 24.1 Å². The van der Waals surface area contributed by atoms with Gasteiger partial charge in [-0.05, 0) is 12.5 Å². The van der Waals surface area contributed by atoms with Gasteiger partial charge < -0.3 is 44.2 Å². The molecule has 0 radical (unpaired) electrons. The molecule has 2 aromatic rings. The smallest absolute Gasteiger partial charge is 0.278 e. The number of hydrogen-bond acceptors (Lipinski definition) is 17. The minimum Gasteiger partial charge on any atom is -0.790 e. The van der Waals surface area contributed by atoms with E-state index in [-0.39, 0.29) is 17.2 Å². The first-order chi connectivity index (χ1) is 15.6. The number of rotatable bonds is 9. The van der Waals surface area contributed by atoms with Gasteiger partial charge in [-0.25, -0.2) is 18.8 Å². The van der Waals surface area contributed by atoms with Gasteiger partial charge in [-0.15, -0.1) is 0 Å². The molecule has 188 valence electrons. The number of phosphoric ester groups is 1. The van der Waals surface area contributed by atoms with Crippen molar-refractivity contribution in [3.8, 4) is 0 Å². The maximum Gasteiger partial charge on any atom is 0.278 e. The molecular weight excluding hydrogens is 529 g/mol. The maximum atomic E-state index is 11.8. The number of nitrogens with two attached hydrogens (primary N) is 1. The van der Waals surface area contributed by atoms with Crippen molar-refractivity contribution in [1.29, 1.82) is 0 Å². The van der Waals surface area contributed by atoms with E-state index < -0.39 is 53.9 Å².